The Hall–Kier alpha value is -2.13. The number of carboxylic acid groups (broad SMARTS) is 1. The number of thiophene rings is 1. The summed E-state index contributed by atoms with van der Waals surface area (Å²) in [6, 6.07) is 9.74. The highest BCUT2D eigenvalue weighted by molar-refractivity contribution is 8.01. The van der Waals surface area contributed by atoms with Gasteiger partial charge in [-0.3, -0.25) is 9.78 Å². The lowest BCUT2D eigenvalue weighted by Crippen LogP contribution is -2.42. The fraction of sp³-hybridized carbons (Fsp3) is 0.500. The molecule has 2 N–H and O–H groups in total. The molecular formula is C28H36N2O4S2. The molecule has 0 spiro atoms. The van der Waals surface area contributed by atoms with Crippen molar-refractivity contribution in [2.24, 2.45) is 11.8 Å². The molecule has 1 aromatic carbocycles. The third kappa shape index (κ3) is 7.00. The van der Waals surface area contributed by atoms with Crippen LogP contribution in [0.1, 0.15) is 49.3 Å². The largest absolute Gasteiger partial charge is 0.497 e. The number of methoxy groups -OCH3 is 1. The summed E-state index contributed by atoms with van der Waals surface area (Å²) >= 11 is 3.73. The van der Waals surface area contributed by atoms with Gasteiger partial charge in [0, 0.05) is 30.3 Å². The van der Waals surface area contributed by atoms with Crippen molar-refractivity contribution >= 4 is 40.0 Å². The molecule has 8 heteroatoms. The van der Waals surface area contributed by atoms with Gasteiger partial charge in [0.25, 0.3) is 0 Å². The maximum Gasteiger partial charge on any atom is 0.303 e. The Kier molecular flexibility index (Phi) is 9.65. The zero-order valence-electron chi connectivity index (χ0n) is 21.1. The van der Waals surface area contributed by atoms with Gasteiger partial charge in [-0.05, 0) is 104 Å². The average molecular weight is 529 g/mol. The molecule has 194 valence electrons. The summed E-state index contributed by atoms with van der Waals surface area (Å²) in [6.07, 6.45) is 4.80. The maximum absolute atomic E-state index is 11.6. The summed E-state index contributed by atoms with van der Waals surface area (Å²) in [5.41, 5.74) is 3.04. The molecule has 0 amide bonds. The van der Waals surface area contributed by atoms with Crippen LogP contribution in [0.3, 0.4) is 0 Å². The normalized spacial score (nSPS) is 19.4. The Morgan fingerprint density at radius 2 is 2.17 bits per heavy atom. The summed E-state index contributed by atoms with van der Waals surface area (Å²) in [5, 5.41) is 23.7. The molecular weight excluding hydrogens is 492 g/mol. The van der Waals surface area contributed by atoms with E-state index < -0.39 is 12.1 Å². The standard InChI is InChI=1S/C28H36N2O4S2/c1-19-10-15-36-28(19)35-14-3-12-30-13-9-20(21(18-30)16-27(32)33)4-7-26(31)23-8-11-29-25-6-5-22(34-2)17-24(23)25/h5-6,8,10-11,15,17,20-21,26,31H,3-4,7,9,12-14,16,18H2,1-2H3,(H,32,33)/t20-,21+,26+/m1/s1. The van der Waals surface area contributed by atoms with Crippen molar-refractivity contribution in [3.05, 3.63) is 53.0 Å². The number of benzene rings is 1. The van der Waals surface area contributed by atoms with Gasteiger partial charge in [0.2, 0.25) is 0 Å². The first-order valence-electron chi connectivity index (χ1n) is 12.7. The van der Waals surface area contributed by atoms with Crippen LogP contribution in [0.2, 0.25) is 0 Å². The Morgan fingerprint density at radius 3 is 2.92 bits per heavy atom. The van der Waals surface area contributed by atoms with Gasteiger partial charge in [0.15, 0.2) is 0 Å². The van der Waals surface area contributed by atoms with Crippen LogP contribution in [-0.2, 0) is 4.79 Å². The second-order valence-corrected chi connectivity index (χ2v) is 12.0. The number of piperidine rings is 1. The topological polar surface area (TPSA) is 82.9 Å². The zero-order chi connectivity index (χ0) is 25.5. The van der Waals surface area contributed by atoms with Crippen molar-refractivity contribution < 1.29 is 19.7 Å². The number of rotatable bonds is 12. The number of ether oxygens (including phenoxy) is 1. The highest BCUT2D eigenvalue weighted by Gasteiger charge is 2.31. The van der Waals surface area contributed by atoms with Crippen LogP contribution in [0, 0.1) is 18.8 Å². The van der Waals surface area contributed by atoms with E-state index in [2.05, 4.69) is 28.3 Å². The first kappa shape index (κ1) is 26.9. The molecule has 1 saturated heterocycles. The van der Waals surface area contributed by atoms with Gasteiger partial charge < -0.3 is 19.8 Å². The van der Waals surface area contributed by atoms with E-state index in [9.17, 15) is 15.0 Å². The number of thioether (sulfide) groups is 1. The van der Waals surface area contributed by atoms with Gasteiger partial charge in [-0.15, -0.1) is 23.1 Å². The number of aliphatic carboxylic acids is 1. The number of aliphatic hydroxyl groups excluding tert-OH is 1. The lowest BCUT2D eigenvalue weighted by molar-refractivity contribution is -0.139. The summed E-state index contributed by atoms with van der Waals surface area (Å²) in [6.45, 7) is 4.99. The van der Waals surface area contributed by atoms with Gasteiger partial charge in [0.05, 0.1) is 22.9 Å². The van der Waals surface area contributed by atoms with Gasteiger partial charge in [-0.1, -0.05) is 0 Å². The number of aliphatic hydroxyl groups is 1. The van der Waals surface area contributed by atoms with Crippen molar-refractivity contribution in [3.8, 4) is 5.75 Å². The lowest BCUT2D eigenvalue weighted by atomic mass is 9.79. The average Bonchev–Trinajstić information content (AvgIpc) is 3.29. The van der Waals surface area contributed by atoms with E-state index in [1.165, 1.54) is 9.77 Å². The highest BCUT2D eigenvalue weighted by atomic mass is 32.2. The summed E-state index contributed by atoms with van der Waals surface area (Å²) < 4.78 is 6.76. The minimum Gasteiger partial charge on any atom is -0.497 e. The monoisotopic (exact) mass is 528 g/mol. The number of carbonyl (C=O) groups is 1. The van der Waals surface area contributed by atoms with Crippen molar-refractivity contribution in [2.75, 3.05) is 32.5 Å². The maximum atomic E-state index is 11.6. The van der Waals surface area contributed by atoms with Crippen LogP contribution in [-0.4, -0.2) is 58.6 Å². The van der Waals surface area contributed by atoms with Crippen LogP contribution in [0.25, 0.3) is 10.9 Å². The highest BCUT2D eigenvalue weighted by Crippen LogP contribution is 2.35. The smallest absolute Gasteiger partial charge is 0.303 e. The lowest BCUT2D eigenvalue weighted by Gasteiger charge is -2.38. The van der Waals surface area contributed by atoms with Crippen molar-refractivity contribution in [3.63, 3.8) is 0 Å². The molecule has 0 saturated carbocycles. The number of carboxylic acids is 1. The first-order chi connectivity index (χ1) is 17.4. The molecule has 6 nitrogen and oxygen atoms in total. The number of aryl methyl sites for hydroxylation is 1. The van der Waals surface area contributed by atoms with Crippen LogP contribution >= 0.6 is 23.1 Å². The third-order valence-corrected chi connectivity index (χ3v) is 9.76. The van der Waals surface area contributed by atoms with Gasteiger partial charge in [0.1, 0.15) is 5.75 Å². The number of likely N-dealkylation sites (tertiary alicyclic amines) is 1. The van der Waals surface area contributed by atoms with Crippen molar-refractivity contribution in [2.45, 2.75) is 49.3 Å². The Morgan fingerprint density at radius 1 is 1.31 bits per heavy atom. The van der Waals surface area contributed by atoms with Gasteiger partial charge >= 0.3 is 5.97 Å². The molecule has 1 fully saturated rings. The third-order valence-electron chi connectivity index (χ3n) is 7.23. The molecule has 3 atom stereocenters. The Bertz CT molecular complexity index is 1150. The number of hydrogen-bond acceptors (Lipinski definition) is 7. The molecule has 0 unspecified atom stereocenters. The van der Waals surface area contributed by atoms with E-state index in [-0.39, 0.29) is 12.3 Å². The minimum absolute atomic E-state index is 0.116. The zero-order valence-corrected chi connectivity index (χ0v) is 22.7. The van der Waals surface area contributed by atoms with E-state index in [1.54, 1.807) is 24.6 Å². The number of hydrogen-bond donors (Lipinski definition) is 2. The van der Waals surface area contributed by atoms with Crippen LogP contribution in [0.15, 0.2) is 46.1 Å². The van der Waals surface area contributed by atoms with E-state index in [4.69, 9.17) is 4.74 Å². The molecule has 1 aliphatic rings. The van der Waals surface area contributed by atoms with Crippen LogP contribution in [0.5, 0.6) is 5.75 Å². The molecule has 0 radical (unpaired) electrons. The van der Waals surface area contributed by atoms with Crippen LogP contribution in [0.4, 0.5) is 0 Å². The molecule has 2 aromatic heterocycles. The SMILES string of the molecule is COc1ccc2nccc([C@@H](O)CC[C@@H]3CCN(CCCSc4sccc4C)C[C@@H]3CC(=O)O)c2c1. The molecule has 0 aliphatic carbocycles. The van der Waals surface area contributed by atoms with E-state index >= 15 is 0 Å². The van der Waals surface area contributed by atoms with E-state index in [1.807, 2.05) is 36.0 Å². The van der Waals surface area contributed by atoms with E-state index in [0.717, 1.165) is 66.9 Å². The second kappa shape index (κ2) is 12.9. The van der Waals surface area contributed by atoms with Gasteiger partial charge in [-0.2, -0.15) is 0 Å². The fourth-order valence-corrected chi connectivity index (χ4v) is 7.34. The number of pyridine rings is 1. The van der Waals surface area contributed by atoms with E-state index in [0.29, 0.717) is 12.3 Å². The van der Waals surface area contributed by atoms with Crippen molar-refractivity contribution in [1.82, 2.24) is 9.88 Å². The Balaban J connectivity index is 1.32. The molecule has 1 aliphatic heterocycles. The predicted octanol–water partition coefficient (Wildman–Crippen LogP) is 6.02. The Labute approximate surface area is 221 Å². The predicted molar refractivity (Wildman–Crippen MR) is 147 cm³/mol. The van der Waals surface area contributed by atoms with Crippen LogP contribution < -0.4 is 4.74 Å². The molecule has 3 aromatic rings. The number of aromatic nitrogens is 1. The quantitative estimate of drug-likeness (QED) is 0.220. The fourth-order valence-electron chi connectivity index (χ4n) is 5.25. The number of nitrogens with zero attached hydrogens (tertiary/aromatic N) is 2. The summed E-state index contributed by atoms with van der Waals surface area (Å²) in [7, 11) is 1.63. The second-order valence-electron chi connectivity index (χ2n) is 9.68. The first-order valence-corrected chi connectivity index (χ1v) is 14.5. The summed E-state index contributed by atoms with van der Waals surface area (Å²) in [4.78, 5) is 18.5. The molecule has 0 bridgehead atoms. The number of fused-ring (bicyclic) bond motifs is 1. The van der Waals surface area contributed by atoms with Gasteiger partial charge in [-0.25, -0.2) is 0 Å². The minimum atomic E-state index is -0.733. The van der Waals surface area contributed by atoms with Crippen molar-refractivity contribution in [1.29, 1.82) is 0 Å². The summed E-state index contributed by atoms with van der Waals surface area (Å²) in [5.74, 6) is 1.51. The molecule has 3 heterocycles. The molecule has 4 rings (SSSR count). The molecule has 36 heavy (non-hydrogen) atoms.